The molecule has 0 bridgehead atoms. The molecule has 25 heavy (non-hydrogen) atoms. The number of aryl methyl sites for hydroxylation is 1. The van der Waals surface area contributed by atoms with E-state index in [0.29, 0.717) is 0 Å². The Kier molecular flexibility index (Phi) is 7.63. The number of carbonyl (C=O) groups is 2. The number of rotatable bonds is 9. The number of hydrogen-bond donors (Lipinski definition) is 3. The number of carbonyl (C=O) groups excluding carboxylic acids is 2. The van der Waals surface area contributed by atoms with Crippen LogP contribution >= 0.6 is 11.3 Å². The van der Waals surface area contributed by atoms with Crippen molar-refractivity contribution in [2.24, 2.45) is 0 Å². The van der Waals surface area contributed by atoms with E-state index in [1.807, 2.05) is 11.4 Å². The highest BCUT2D eigenvalue weighted by molar-refractivity contribution is 7.10. The average Bonchev–Trinajstić information content (AvgIpc) is 3.15. The van der Waals surface area contributed by atoms with Gasteiger partial charge in [-0.3, -0.25) is 14.9 Å². The highest BCUT2D eigenvalue weighted by Gasteiger charge is 2.16. The zero-order valence-electron chi connectivity index (χ0n) is 14.7. The van der Waals surface area contributed by atoms with E-state index >= 15 is 0 Å². The minimum absolute atomic E-state index is 0.00754. The molecular weight excluding hydrogens is 334 g/mol. The Labute approximate surface area is 152 Å². The molecule has 0 spiro atoms. The van der Waals surface area contributed by atoms with Crippen molar-refractivity contribution in [1.82, 2.24) is 16.0 Å². The van der Waals surface area contributed by atoms with Crippen LogP contribution in [0.1, 0.15) is 35.4 Å². The molecule has 0 saturated heterocycles. The molecule has 0 fully saturated rings. The first-order chi connectivity index (χ1) is 12.1. The van der Waals surface area contributed by atoms with Crippen LogP contribution in [0.3, 0.4) is 0 Å². The maximum absolute atomic E-state index is 12.0. The van der Waals surface area contributed by atoms with Crippen molar-refractivity contribution in [2.75, 3.05) is 20.1 Å². The average molecular weight is 359 g/mol. The molecule has 2 amide bonds. The number of benzene rings is 1. The molecule has 6 heteroatoms. The highest BCUT2D eigenvalue weighted by atomic mass is 32.1. The summed E-state index contributed by atoms with van der Waals surface area (Å²) in [6.45, 7) is 2.31. The fourth-order valence-electron chi connectivity index (χ4n) is 2.53. The van der Waals surface area contributed by atoms with Crippen LogP contribution in [0.25, 0.3) is 0 Å². The molecule has 1 heterocycles. The third-order valence-corrected chi connectivity index (χ3v) is 4.81. The summed E-state index contributed by atoms with van der Waals surface area (Å²) < 4.78 is 0. The molecule has 134 valence electrons. The van der Waals surface area contributed by atoms with Crippen molar-refractivity contribution in [2.45, 2.75) is 25.8 Å². The summed E-state index contributed by atoms with van der Waals surface area (Å²) in [5.41, 5.74) is 2.45. The minimum Gasteiger partial charge on any atom is -0.358 e. The van der Waals surface area contributed by atoms with Gasteiger partial charge in [0, 0.05) is 11.9 Å². The van der Waals surface area contributed by atoms with Crippen molar-refractivity contribution in [1.29, 1.82) is 0 Å². The maximum Gasteiger partial charge on any atom is 0.239 e. The molecule has 3 N–H and O–H groups in total. The number of nitrogens with one attached hydrogen (secondary N) is 3. The summed E-state index contributed by atoms with van der Waals surface area (Å²) in [6.07, 6.45) is 2.19. The van der Waals surface area contributed by atoms with Gasteiger partial charge in [-0.1, -0.05) is 43.7 Å². The Morgan fingerprint density at radius 1 is 1.08 bits per heavy atom. The molecule has 0 radical (unpaired) electrons. The Bertz CT molecular complexity index is 668. The number of thiophene rings is 1. The third-order valence-electron chi connectivity index (χ3n) is 3.87. The van der Waals surface area contributed by atoms with Gasteiger partial charge in [-0.15, -0.1) is 11.3 Å². The molecule has 0 aliphatic rings. The van der Waals surface area contributed by atoms with E-state index in [4.69, 9.17) is 0 Å². The summed E-state index contributed by atoms with van der Waals surface area (Å²) in [7, 11) is 1.54. The van der Waals surface area contributed by atoms with E-state index in [1.165, 1.54) is 5.56 Å². The second kappa shape index (κ2) is 9.96. The normalized spacial score (nSPS) is 11.8. The lowest BCUT2D eigenvalue weighted by Gasteiger charge is -2.18. The van der Waals surface area contributed by atoms with Crippen molar-refractivity contribution < 1.29 is 9.59 Å². The predicted octanol–water partition coefficient (Wildman–Crippen LogP) is 2.24. The van der Waals surface area contributed by atoms with Crippen molar-refractivity contribution >= 4 is 23.2 Å². The van der Waals surface area contributed by atoms with Crippen LogP contribution in [0.15, 0.2) is 41.8 Å². The van der Waals surface area contributed by atoms with E-state index in [9.17, 15) is 9.59 Å². The molecule has 2 rings (SSSR count). The zero-order chi connectivity index (χ0) is 18.1. The van der Waals surface area contributed by atoms with Crippen LogP contribution in [-0.4, -0.2) is 32.0 Å². The first-order valence-electron chi connectivity index (χ1n) is 8.47. The van der Waals surface area contributed by atoms with Gasteiger partial charge in [0.25, 0.3) is 0 Å². The summed E-state index contributed by atoms with van der Waals surface area (Å²) in [5.74, 6) is -0.414. The minimum atomic E-state index is -0.213. The van der Waals surface area contributed by atoms with E-state index in [-0.39, 0.29) is 30.9 Å². The third kappa shape index (κ3) is 5.99. The van der Waals surface area contributed by atoms with Gasteiger partial charge < -0.3 is 10.6 Å². The van der Waals surface area contributed by atoms with Gasteiger partial charge >= 0.3 is 0 Å². The van der Waals surface area contributed by atoms with Crippen molar-refractivity contribution in [3.8, 4) is 0 Å². The standard InChI is InChI=1S/C19H25N3O2S/c1-3-5-14-7-9-15(10-8-14)19(16-6-4-11-25-16)22-13-18(24)21-12-17(23)20-2/h4,6-11,19,22H,3,5,12-13H2,1-2H3,(H,20,23)(H,21,24)/t19-/m1/s1. The van der Waals surface area contributed by atoms with Gasteiger partial charge in [-0.05, 0) is 29.0 Å². The lowest BCUT2D eigenvalue weighted by atomic mass is 10.0. The summed E-state index contributed by atoms with van der Waals surface area (Å²) in [4.78, 5) is 24.3. The van der Waals surface area contributed by atoms with Gasteiger partial charge in [0.1, 0.15) is 0 Å². The molecule has 0 unspecified atom stereocenters. The monoisotopic (exact) mass is 359 g/mol. The SMILES string of the molecule is CCCc1ccc([C@@H](NCC(=O)NCC(=O)NC)c2cccs2)cc1. The lowest BCUT2D eigenvalue weighted by Crippen LogP contribution is -2.40. The van der Waals surface area contributed by atoms with Crippen molar-refractivity contribution in [3.63, 3.8) is 0 Å². The van der Waals surface area contributed by atoms with Gasteiger partial charge in [0.05, 0.1) is 19.1 Å². The van der Waals surface area contributed by atoms with Crippen molar-refractivity contribution in [3.05, 3.63) is 57.8 Å². The molecule has 1 atom stereocenters. The van der Waals surface area contributed by atoms with Crippen LogP contribution in [-0.2, 0) is 16.0 Å². The Morgan fingerprint density at radius 3 is 2.44 bits per heavy atom. The highest BCUT2D eigenvalue weighted by Crippen LogP contribution is 2.26. The summed E-state index contributed by atoms with van der Waals surface area (Å²) in [6, 6.07) is 12.5. The Hall–Kier alpha value is -2.18. The topological polar surface area (TPSA) is 70.2 Å². The van der Waals surface area contributed by atoms with Gasteiger partial charge in [-0.2, -0.15) is 0 Å². The molecule has 0 saturated carbocycles. The molecule has 1 aromatic heterocycles. The Morgan fingerprint density at radius 2 is 1.84 bits per heavy atom. The molecule has 1 aromatic carbocycles. The van der Waals surface area contributed by atoms with Gasteiger partial charge in [-0.25, -0.2) is 0 Å². The van der Waals surface area contributed by atoms with Crippen LogP contribution < -0.4 is 16.0 Å². The largest absolute Gasteiger partial charge is 0.358 e. The number of likely N-dealkylation sites (N-methyl/N-ethyl adjacent to an activating group) is 1. The predicted molar refractivity (Wildman–Crippen MR) is 102 cm³/mol. The van der Waals surface area contributed by atoms with E-state index < -0.39 is 0 Å². The fourth-order valence-corrected chi connectivity index (χ4v) is 3.36. The molecule has 5 nitrogen and oxygen atoms in total. The van der Waals surface area contributed by atoms with Gasteiger partial charge in [0.15, 0.2) is 0 Å². The lowest BCUT2D eigenvalue weighted by molar-refractivity contribution is -0.125. The van der Waals surface area contributed by atoms with Crippen LogP contribution in [0.4, 0.5) is 0 Å². The first-order valence-corrected chi connectivity index (χ1v) is 9.35. The zero-order valence-corrected chi connectivity index (χ0v) is 15.5. The second-order valence-electron chi connectivity index (χ2n) is 5.77. The molecular formula is C19H25N3O2S. The summed E-state index contributed by atoms with van der Waals surface area (Å²) in [5, 5.41) is 10.4. The van der Waals surface area contributed by atoms with E-state index in [0.717, 1.165) is 23.3 Å². The number of hydrogen-bond acceptors (Lipinski definition) is 4. The smallest absolute Gasteiger partial charge is 0.239 e. The molecule has 0 aliphatic carbocycles. The fraction of sp³-hybridized carbons (Fsp3) is 0.368. The van der Waals surface area contributed by atoms with E-state index in [1.54, 1.807) is 18.4 Å². The molecule has 2 aromatic rings. The quantitative estimate of drug-likeness (QED) is 0.643. The van der Waals surface area contributed by atoms with Crippen LogP contribution in [0, 0.1) is 0 Å². The van der Waals surface area contributed by atoms with E-state index in [2.05, 4.69) is 53.2 Å². The number of amides is 2. The van der Waals surface area contributed by atoms with Crippen LogP contribution in [0.5, 0.6) is 0 Å². The second-order valence-corrected chi connectivity index (χ2v) is 6.75. The van der Waals surface area contributed by atoms with Gasteiger partial charge in [0.2, 0.25) is 11.8 Å². The Balaban J connectivity index is 2.02. The maximum atomic E-state index is 12.0. The van der Waals surface area contributed by atoms with Crippen LogP contribution in [0.2, 0.25) is 0 Å². The first kappa shape index (κ1) is 19.1. The summed E-state index contributed by atoms with van der Waals surface area (Å²) >= 11 is 1.66. The molecule has 0 aliphatic heterocycles.